The van der Waals surface area contributed by atoms with Gasteiger partial charge in [-0.3, -0.25) is 9.59 Å². The second-order valence-corrected chi connectivity index (χ2v) is 6.59. The van der Waals surface area contributed by atoms with Gasteiger partial charge in [0.05, 0.1) is 12.2 Å². The molecule has 1 saturated heterocycles. The number of nitrogens with one attached hydrogen (secondary N) is 1. The SMILES string of the molecule is O=C(NC1CC1)[C@H]1CN(C(=O)c2ccco2)C[C@H]1c1ccccc1. The fourth-order valence-electron chi connectivity index (χ4n) is 3.37. The van der Waals surface area contributed by atoms with E-state index in [0.29, 0.717) is 24.9 Å². The fourth-order valence-corrected chi connectivity index (χ4v) is 3.37. The van der Waals surface area contributed by atoms with Crippen LogP contribution in [0.4, 0.5) is 0 Å². The van der Waals surface area contributed by atoms with Gasteiger partial charge in [0.1, 0.15) is 0 Å². The smallest absolute Gasteiger partial charge is 0.289 e. The molecule has 5 heteroatoms. The van der Waals surface area contributed by atoms with Crippen molar-refractivity contribution in [3.05, 3.63) is 60.1 Å². The number of carbonyl (C=O) groups excluding carboxylic acids is 2. The maximum absolute atomic E-state index is 12.7. The Morgan fingerprint density at radius 2 is 1.83 bits per heavy atom. The molecule has 0 bridgehead atoms. The minimum absolute atomic E-state index is 0.0175. The van der Waals surface area contributed by atoms with Gasteiger partial charge in [0, 0.05) is 25.0 Å². The van der Waals surface area contributed by atoms with Crippen molar-refractivity contribution in [3.8, 4) is 0 Å². The Balaban J connectivity index is 1.57. The molecule has 2 fully saturated rings. The largest absolute Gasteiger partial charge is 0.459 e. The highest BCUT2D eigenvalue weighted by atomic mass is 16.3. The highest BCUT2D eigenvalue weighted by Gasteiger charge is 2.42. The van der Waals surface area contributed by atoms with Gasteiger partial charge >= 0.3 is 0 Å². The summed E-state index contributed by atoms with van der Waals surface area (Å²) < 4.78 is 5.23. The number of furan rings is 1. The van der Waals surface area contributed by atoms with Crippen molar-refractivity contribution < 1.29 is 14.0 Å². The van der Waals surface area contributed by atoms with Gasteiger partial charge in [-0.25, -0.2) is 0 Å². The van der Waals surface area contributed by atoms with Crippen LogP contribution >= 0.6 is 0 Å². The van der Waals surface area contributed by atoms with Gasteiger partial charge in [-0.1, -0.05) is 30.3 Å². The van der Waals surface area contributed by atoms with Crippen molar-refractivity contribution >= 4 is 11.8 Å². The number of hydrogen-bond donors (Lipinski definition) is 1. The number of rotatable bonds is 4. The summed E-state index contributed by atoms with van der Waals surface area (Å²) in [5.74, 6) is 0.0320. The van der Waals surface area contributed by atoms with Crippen LogP contribution in [0.15, 0.2) is 53.1 Å². The number of carbonyl (C=O) groups is 2. The predicted molar refractivity (Wildman–Crippen MR) is 88.4 cm³/mol. The monoisotopic (exact) mass is 324 g/mol. The minimum atomic E-state index is -0.216. The zero-order chi connectivity index (χ0) is 16.5. The van der Waals surface area contributed by atoms with E-state index >= 15 is 0 Å². The van der Waals surface area contributed by atoms with Crippen LogP contribution in [0.1, 0.15) is 34.9 Å². The summed E-state index contributed by atoms with van der Waals surface area (Å²) in [7, 11) is 0. The molecule has 1 N–H and O–H groups in total. The zero-order valence-corrected chi connectivity index (χ0v) is 13.4. The number of benzene rings is 1. The van der Waals surface area contributed by atoms with Crippen molar-refractivity contribution in [2.75, 3.05) is 13.1 Å². The van der Waals surface area contributed by atoms with Gasteiger partial charge in [0.25, 0.3) is 5.91 Å². The summed E-state index contributed by atoms with van der Waals surface area (Å²) in [5.41, 5.74) is 1.10. The predicted octanol–water partition coefficient (Wildman–Crippen LogP) is 2.41. The maximum atomic E-state index is 12.7. The summed E-state index contributed by atoms with van der Waals surface area (Å²) in [4.78, 5) is 27.0. The average Bonchev–Trinajstić information content (AvgIpc) is 3.11. The van der Waals surface area contributed by atoms with Crippen LogP contribution in [0.3, 0.4) is 0 Å². The minimum Gasteiger partial charge on any atom is -0.459 e. The molecular weight excluding hydrogens is 304 g/mol. The molecule has 1 saturated carbocycles. The molecule has 0 radical (unpaired) electrons. The quantitative estimate of drug-likeness (QED) is 0.939. The fraction of sp³-hybridized carbons (Fsp3) is 0.368. The molecule has 0 spiro atoms. The van der Waals surface area contributed by atoms with Crippen molar-refractivity contribution in [2.45, 2.75) is 24.8 Å². The molecule has 5 nitrogen and oxygen atoms in total. The highest BCUT2D eigenvalue weighted by Crippen LogP contribution is 2.34. The van der Waals surface area contributed by atoms with Crippen molar-refractivity contribution in [2.24, 2.45) is 5.92 Å². The lowest BCUT2D eigenvalue weighted by molar-refractivity contribution is -0.125. The summed E-state index contributed by atoms with van der Waals surface area (Å²) in [6.45, 7) is 0.962. The molecule has 2 atom stereocenters. The average molecular weight is 324 g/mol. The Hall–Kier alpha value is -2.56. The van der Waals surface area contributed by atoms with Gasteiger partial charge in [0.15, 0.2) is 5.76 Å². The Morgan fingerprint density at radius 3 is 2.50 bits per heavy atom. The molecular formula is C19H20N2O3. The van der Waals surface area contributed by atoms with E-state index < -0.39 is 0 Å². The molecule has 2 heterocycles. The first-order valence-corrected chi connectivity index (χ1v) is 8.40. The van der Waals surface area contributed by atoms with E-state index in [0.717, 1.165) is 18.4 Å². The van der Waals surface area contributed by atoms with Gasteiger partial charge in [-0.15, -0.1) is 0 Å². The molecule has 2 amide bonds. The molecule has 1 aliphatic heterocycles. The standard InChI is InChI=1S/C19H20N2O3/c22-18(20-14-8-9-14)16-12-21(19(23)17-7-4-10-24-17)11-15(16)13-5-2-1-3-6-13/h1-7,10,14-16H,8-9,11-12H2,(H,20,22)/t15-,16-/m0/s1. The van der Waals surface area contributed by atoms with E-state index in [1.54, 1.807) is 17.0 Å². The van der Waals surface area contributed by atoms with Gasteiger partial charge in [-0.05, 0) is 30.5 Å². The first-order valence-electron chi connectivity index (χ1n) is 8.40. The molecule has 1 aromatic heterocycles. The first-order chi connectivity index (χ1) is 11.7. The highest BCUT2D eigenvalue weighted by molar-refractivity contribution is 5.92. The summed E-state index contributed by atoms with van der Waals surface area (Å²) in [6.07, 6.45) is 3.61. The third-order valence-corrected chi connectivity index (χ3v) is 4.83. The van der Waals surface area contributed by atoms with E-state index in [9.17, 15) is 9.59 Å². The summed E-state index contributed by atoms with van der Waals surface area (Å²) in [6, 6.07) is 13.7. The van der Waals surface area contributed by atoms with Crippen LogP contribution in [0.5, 0.6) is 0 Å². The first kappa shape index (κ1) is 15.0. The van der Waals surface area contributed by atoms with Crippen LogP contribution < -0.4 is 5.32 Å². The molecule has 0 unspecified atom stereocenters. The maximum Gasteiger partial charge on any atom is 0.289 e. The molecule has 24 heavy (non-hydrogen) atoms. The Bertz CT molecular complexity index is 722. The molecule has 4 rings (SSSR count). The number of hydrogen-bond acceptors (Lipinski definition) is 3. The zero-order valence-electron chi connectivity index (χ0n) is 13.4. The Labute approximate surface area is 140 Å². The van der Waals surface area contributed by atoms with E-state index in [4.69, 9.17) is 4.42 Å². The lowest BCUT2D eigenvalue weighted by atomic mass is 9.88. The Kier molecular flexibility index (Phi) is 3.84. The molecule has 2 aliphatic rings. The van der Waals surface area contributed by atoms with Crippen LogP contribution in [-0.4, -0.2) is 35.8 Å². The molecule has 124 valence electrons. The van der Waals surface area contributed by atoms with E-state index in [1.807, 2.05) is 30.3 Å². The lowest BCUT2D eigenvalue weighted by Gasteiger charge is -2.17. The van der Waals surface area contributed by atoms with E-state index in [-0.39, 0.29) is 23.7 Å². The molecule has 1 aromatic carbocycles. The van der Waals surface area contributed by atoms with Crippen LogP contribution in [0.2, 0.25) is 0 Å². The number of nitrogens with zero attached hydrogens (tertiary/aromatic N) is 1. The number of amides is 2. The Morgan fingerprint density at radius 1 is 1.04 bits per heavy atom. The normalized spacial score (nSPS) is 23.2. The van der Waals surface area contributed by atoms with Gasteiger partial charge in [-0.2, -0.15) is 0 Å². The third-order valence-electron chi connectivity index (χ3n) is 4.83. The second kappa shape index (κ2) is 6.15. The van der Waals surface area contributed by atoms with E-state index in [1.165, 1.54) is 6.26 Å². The third kappa shape index (κ3) is 2.94. The van der Waals surface area contributed by atoms with Crippen LogP contribution in [0.25, 0.3) is 0 Å². The topological polar surface area (TPSA) is 62.6 Å². The van der Waals surface area contributed by atoms with Crippen molar-refractivity contribution in [1.82, 2.24) is 10.2 Å². The van der Waals surface area contributed by atoms with Gasteiger partial charge < -0.3 is 14.6 Å². The summed E-state index contributed by atoms with van der Waals surface area (Å²) in [5, 5.41) is 3.09. The van der Waals surface area contributed by atoms with E-state index in [2.05, 4.69) is 5.32 Å². The second-order valence-electron chi connectivity index (χ2n) is 6.59. The van der Waals surface area contributed by atoms with Crippen LogP contribution in [0, 0.1) is 5.92 Å². The molecule has 1 aliphatic carbocycles. The molecule has 2 aromatic rings. The van der Waals surface area contributed by atoms with Crippen molar-refractivity contribution in [3.63, 3.8) is 0 Å². The number of likely N-dealkylation sites (tertiary alicyclic amines) is 1. The van der Waals surface area contributed by atoms with Gasteiger partial charge in [0.2, 0.25) is 5.91 Å². The van der Waals surface area contributed by atoms with Crippen molar-refractivity contribution in [1.29, 1.82) is 0 Å². The lowest BCUT2D eigenvalue weighted by Crippen LogP contribution is -2.36. The van der Waals surface area contributed by atoms with Crippen LogP contribution in [-0.2, 0) is 4.79 Å². The summed E-state index contributed by atoms with van der Waals surface area (Å²) >= 11 is 0.